The van der Waals surface area contributed by atoms with Crippen LogP contribution in [0.3, 0.4) is 0 Å². The molecule has 1 amide bonds. The van der Waals surface area contributed by atoms with Gasteiger partial charge in [0.05, 0.1) is 18.4 Å². The van der Waals surface area contributed by atoms with E-state index in [0.717, 1.165) is 5.75 Å². The van der Waals surface area contributed by atoms with E-state index < -0.39 is 0 Å². The second-order valence-electron chi connectivity index (χ2n) is 4.79. The molecule has 106 valence electrons. The number of hydrogen-bond acceptors (Lipinski definition) is 3. The van der Waals surface area contributed by atoms with Crippen molar-refractivity contribution in [1.82, 2.24) is 0 Å². The standard InChI is InChI=1S/C15H16ClNO3/c1-10(2)9-20-12-5-3-4-11(8-12)17-15(18)13-6-7-19-14(13)16/h3-8,10H,9H2,1-2H3,(H,17,18). The van der Waals surface area contributed by atoms with Crippen molar-refractivity contribution in [3.05, 3.63) is 47.4 Å². The molecular formula is C15H16ClNO3. The van der Waals surface area contributed by atoms with E-state index in [-0.39, 0.29) is 11.1 Å². The first-order valence-electron chi connectivity index (χ1n) is 6.33. The fourth-order valence-corrected chi connectivity index (χ4v) is 1.78. The summed E-state index contributed by atoms with van der Waals surface area (Å²) in [5.74, 6) is 0.845. The largest absolute Gasteiger partial charge is 0.493 e. The Kier molecular flexibility index (Phi) is 4.69. The Morgan fingerprint density at radius 1 is 1.40 bits per heavy atom. The van der Waals surface area contributed by atoms with Crippen LogP contribution in [0.25, 0.3) is 0 Å². The first kappa shape index (κ1) is 14.5. The number of nitrogens with one attached hydrogen (secondary N) is 1. The lowest BCUT2D eigenvalue weighted by molar-refractivity contribution is 0.102. The number of amides is 1. The lowest BCUT2D eigenvalue weighted by atomic mass is 10.2. The molecule has 0 aliphatic rings. The monoisotopic (exact) mass is 293 g/mol. The van der Waals surface area contributed by atoms with Crippen molar-refractivity contribution in [2.24, 2.45) is 5.92 Å². The summed E-state index contributed by atoms with van der Waals surface area (Å²) in [6.07, 6.45) is 1.37. The summed E-state index contributed by atoms with van der Waals surface area (Å²) in [6, 6.07) is 8.75. The first-order chi connectivity index (χ1) is 9.56. The Morgan fingerprint density at radius 2 is 2.20 bits per heavy atom. The minimum absolute atomic E-state index is 0.0784. The summed E-state index contributed by atoms with van der Waals surface area (Å²) in [7, 11) is 0. The second kappa shape index (κ2) is 6.48. The fraction of sp³-hybridized carbons (Fsp3) is 0.267. The molecular weight excluding hydrogens is 278 g/mol. The van der Waals surface area contributed by atoms with Gasteiger partial charge in [-0.15, -0.1) is 0 Å². The minimum atomic E-state index is -0.315. The van der Waals surface area contributed by atoms with Crippen LogP contribution in [0.1, 0.15) is 24.2 Å². The van der Waals surface area contributed by atoms with Crippen molar-refractivity contribution in [2.75, 3.05) is 11.9 Å². The molecule has 5 heteroatoms. The number of anilines is 1. The number of furan rings is 1. The van der Waals surface area contributed by atoms with Gasteiger partial charge in [-0.25, -0.2) is 0 Å². The molecule has 2 rings (SSSR count). The van der Waals surface area contributed by atoms with E-state index >= 15 is 0 Å². The van der Waals surface area contributed by atoms with Crippen LogP contribution in [-0.2, 0) is 0 Å². The number of carbonyl (C=O) groups excluding carboxylic acids is 1. The average Bonchev–Trinajstić information content (AvgIpc) is 2.83. The number of carbonyl (C=O) groups is 1. The second-order valence-corrected chi connectivity index (χ2v) is 5.14. The average molecular weight is 294 g/mol. The van der Waals surface area contributed by atoms with E-state index in [1.54, 1.807) is 12.1 Å². The molecule has 0 aliphatic heterocycles. The van der Waals surface area contributed by atoms with Gasteiger partial charge in [0, 0.05) is 11.8 Å². The smallest absolute Gasteiger partial charge is 0.260 e. The zero-order valence-electron chi connectivity index (χ0n) is 11.4. The van der Waals surface area contributed by atoms with Gasteiger partial charge in [0.1, 0.15) is 5.75 Å². The number of ether oxygens (including phenoxy) is 1. The lowest BCUT2D eigenvalue weighted by Crippen LogP contribution is -2.11. The number of benzene rings is 1. The van der Waals surface area contributed by atoms with Crippen LogP contribution in [-0.4, -0.2) is 12.5 Å². The molecule has 0 radical (unpaired) electrons. The van der Waals surface area contributed by atoms with Crippen LogP contribution in [0.15, 0.2) is 41.0 Å². The highest BCUT2D eigenvalue weighted by molar-refractivity contribution is 6.32. The van der Waals surface area contributed by atoms with Gasteiger partial charge < -0.3 is 14.5 Å². The topological polar surface area (TPSA) is 51.5 Å². The molecule has 2 aromatic rings. The number of halogens is 1. The van der Waals surface area contributed by atoms with Gasteiger partial charge in [0.25, 0.3) is 5.91 Å². The third-order valence-electron chi connectivity index (χ3n) is 2.54. The van der Waals surface area contributed by atoms with Crippen LogP contribution in [0, 0.1) is 5.92 Å². The van der Waals surface area contributed by atoms with Gasteiger partial charge in [-0.1, -0.05) is 19.9 Å². The minimum Gasteiger partial charge on any atom is -0.493 e. The molecule has 0 atom stereocenters. The van der Waals surface area contributed by atoms with E-state index in [2.05, 4.69) is 19.2 Å². The van der Waals surface area contributed by atoms with Crippen LogP contribution < -0.4 is 10.1 Å². The predicted octanol–water partition coefficient (Wildman–Crippen LogP) is 4.22. The van der Waals surface area contributed by atoms with Crippen molar-refractivity contribution in [1.29, 1.82) is 0 Å². The Hall–Kier alpha value is -1.94. The molecule has 20 heavy (non-hydrogen) atoms. The zero-order valence-corrected chi connectivity index (χ0v) is 12.1. The molecule has 0 aliphatic carbocycles. The quantitative estimate of drug-likeness (QED) is 0.898. The van der Waals surface area contributed by atoms with E-state index in [4.69, 9.17) is 20.8 Å². The van der Waals surface area contributed by atoms with Gasteiger partial charge in [-0.3, -0.25) is 4.79 Å². The van der Waals surface area contributed by atoms with Crippen molar-refractivity contribution in [3.8, 4) is 5.75 Å². The van der Waals surface area contributed by atoms with Crippen LogP contribution >= 0.6 is 11.6 Å². The highest BCUT2D eigenvalue weighted by Crippen LogP contribution is 2.21. The normalized spacial score (nSPS) is 10.6. The molecule has 0 saturated heterocycles. The molecule has 0 fully saturated rings. The highest BCUT2D eigenvalue weighted by atomic mass is 35.5. The van der Waals surface area contributed by atoms with Crippen molar-refractivity contribution in [2.45, 2.75) is 13.8 Å². The van der Waals surface area contributed by atoms with Crippen molar-refractivity contribution < 1.29 is 13.9 Å². The van der Waals surface area contributed by atoms with E-state index in [1.807, 2.05) is 12.1 Å². The fourth-order valence-electron chi connectivity index (χ4n) is 1.58. The van der Waals surface area contributed by atoms with E-state index in [1.165, 1.54) is 12.3 Å². The summed E-state index contributed by atoms with van der Waals surface area (Å²) in [5, 5.41) is 2.83. The predicted molar refractivity (Wildman–Crippen MR) is 78.4 cm³/mol. The van der Waals surface area contributed by atoms with Crippen LogP contribution in [0.4, 0.5) is 5.69 Å². The van der Waals surface area contributed by atoms with Gasteiger partial charge in [0.15, 0.2) is 0 Å². The summed E-state index contributed by atoms with van der Waals surface area (Å²) in [6.45, 7) is 4.78. The van der Waals surface area contributed by atoms with Crippen LogP contribution in [0.5, 0.6) is 5.75 Å². The lowest BCUT2D eigenvalue weighted by Gasteiger charge is -2.10. The summed E-state index contributed by atoms with van der Waals surface area (Å²) >= 11 is 5.76. The number of rotatable bonds is 5. The van der Waals surface area contributed by atoms with Gasteiger partial charge in [0.2, 0.25) is 5.22 Å². The Labute approximate surface area is 122 Å². The summed E-state index contributed by atoms with van der Waals surface area (Å²) in [4.78, 5) is 12.0. The zero-order chi connectivity index (χ0) is 14.5. The summed E-state index contributed by atoms with van der Waals surface area (Å²) < 4.78 is 10.5. The van der Waals surface area contributed by atoms with Gasteiger partial charge in [-0.2, -0.15) is 0 Å². The van der Waals surface area contributed by atoms with Gasteiger partial charge >= 0.3 is 0 Å². The highest BCUT2D eigenvalue weighted by Gasteiger charge is 2.13. The molecule has 1 heterocycles. The molecule has 1 aromatic heterocycles. The van der Waals surface area contributed by atoms with Crippen molar-refractivity contribution >= 4 is 23.2 Å². The van der Waals surface area contributed by atoms with E-state index in [9.17, 15) is 4.79 Å². The molecule has 0 unspecified atom stereocenters. The third-order valence-corrected chi connectivity index (χ3v) is 2.83. The molecule has 0 bridgehead atoms. The molecule has 1 aromatic carbocycles. The maximum Gasteiger partial charge on any atom is 0.260 e. The number of hydrogen-bond donors (Lipinski definition) is 1. The molecule has 1 N–H and O–H groups in total. The SMILES string of the molecule is CC(C)COc1cccc(NC(=O)c2ccoc2Cl)c1. The Bertz CT molecular complexity index is 592. The Morgan fingerprint density at radius 3 is 2.85 bits per heavy atom. The van der Waals surface area contributed by atoms with E-state index in [0.29, 0.717) is 23.8 Å². The Balaban J connectivity index is 2.04. The first-order valence-corrected chi connectivity index (χ1v) is 6.71. The molecule has 0 spiro atoms. The van der Waals surface area contributed by atoms with Crippen molar-refractivity contribution in [3.63, 3.8) is 0 Å². The summed E-state index contributed by atoms with van der Waals surface area (Å²) in [5.41, 5.74) is 0.952. The van der Waals surface area contributed by atoms with Gasteiger partial charge in [-0.05, 0) is 35.7 Å². The third kappa shape index (κ3) is 3.78. The molecule has 0 saturated carbocycles. The van der Waals surface area contributed by atoms with Crippen LogP contribution in [0.2, 0.25) is 5.22 Å². The molecule has 4 nitrogen and oxygen atoms in total. The maximum absolute atomic E-state index is 12.0. The maximum atomic E-state index is 12.0.